The summed E-state index contributed by atoms with van der Waals surface area (Å²) < 4.78 is 16.2. The van der Waals surface area contributed by atoms with Gasteiger partial charge in [0.25, 0.3) is 5.91 Å². The van der Waals surface area contributed by atoms with Gasteiger partial charge >= 0.3 is 5.97 Å². The molecule has 0 aliphatic carbocycles. The van der Waals surface area contributed by atoms with Crippen LogP contribution in [-0.4, -0.2) is 80.4 Å². The van der Waals surface area contributed by atoms with Gasteiger partial charge in [-0.15, -0.1) is 12.4 Å². The number of aromatic carboxylic acids is 1. The molecule has 1 heterocycles. The first-order valence-electron chi connectivity index (χ1n) is 11.4. The van der Waals surface area contributed by atoms with Gasteiger partial charge in [-0.1, -0.05) is 12.1 Å². The quantitative estimate of drug-likeness (QED) is 0.103. The van der Waals surface area contributed by atoms with E-state index in [-0.39, 0.29) is 23.9 Å². The number of nitrogens with zero attached hydrogens (tertiary/aromatic N) is 2. The number of nitrogens with one attached hydrogen (secondary N) is 1. The molecule has 12 heteroatoms. The number of hydrogen-bond acceptors (Lipinski definition) is 9. The van der Waals surface area contributed by atoms with Crippen LogP contribution >= 0.6 is 12.4 Å². The van der Waals surface area contributed by atoms with Gasteiger partial charge in [0.2, 0.25) is 0 Å². The van der Waals surface area contributed by atoms with Gasteiger partial charge in [0.15, 0.2) is 0 Å². The zero-order valence-electron chi connectivity index (χ0n) is 20.1. The van der Waals surface area contributed by atoms with E-state index < -0.39 is 5.97 Å². The summed E-state index contributed by atoms with van der Waals surface area (Å²) >= 11 is 0. The van der Waals surface area contributed by atoms with Gasteiger partial charge in [-0.2, -0.15) is 5.10 Å². The average Bonchev–Trinajstić information content (AvgIpc) is 2.88. The maximum atomic E-state index is 12.3. The highest BCUT2D eigenvalue weighted by molar-refractivity contribution is 6.12. The number of carboxylic acids is 1. The predicted molar refractivity (Wildman–Crippen MR) is 138 cm³/mol. The summed E-state index contributed by atoms with van der Waals surface area (Å²) in [7, 11) is 0. The van der Waals surface area contributed by atoms with Crippen LogP contribution in [0, 0.1) is 0 Å². The lowest BCUT2D eigenvalue weighted by Gasteiger charge is -2.08. The van der Waals surface area contributed by atoms with Gasteiger partial charge < -0.3 is 36.2 Å². The SMILES string of the molecule is Cl.NCCCOCCOCCOCCCNC(=O)c1ccc(/C(=N/N)c2ccc(C(=O)O)cc2)nc1. The van der Waals surface area contributed by atoms with E-state index >= 15 is 0 Å². The van der Waals surface area contributed by atoms with E-state index in [1.807, 2.05) is 0 Å². The minimum absolute atomic E-state index is 0. The highest BCUT2D eigenvalue weighted by atomic mass is 35.5. The molecule has 1 amide bonds. The van der Waals surface area contributed by atoms with E-state index in [1.54, 1.807) is 24.3 Å². The number of amides is 1. The van der Waals surface area contributed by atoms with Crippen LogP contribution in [0.4, 0.5) is 0 Å². The normalized spacial score (nSPS) is 11.1. The smallest absolute Gasteiger partial charge is 0.335 e. The third kappa shape index (κ3) is 11.1. The zero-order chi connectivity index (χ0) is 25.3. The Morgan fingerprint density at radius 2 is 1.42 bits per heavy atom. The molecule has 0 saturated heterocycles. The maximum Gasteiger partial charge on any atom is 0.335 e. The number of hydrazone groups is 1. The minimum atomic E-state index is -1.02. The number of aromatic nitrogens is 1. The first-order chi connectivity index (χ1) is 17.1. The third-order valence-corrected chi connectivity index (χ3v) is 4.79. The first kappa shape index (κ1) is 30.9. The summed E-state index contributed by atoms with van der Waals surface area (Å²) in [5, 5.41) is 15.6. The second kappa shape index (κ2) is 18.2. The summed E-state index contributed by atoms with van der Waals surface area (Å²) in [6.07, 6.45) is 2.95. The molecule has 0 saturated carbocycles. The molecule has 0 atom stereocenters. The molecule has 6 N–H and O–H groups in total. The summed E-state index contributed by atoms with van der Waals surface area (Å²) in [4.78, 5) is 27.6. The molecule has 36 heavy (non-hydrogen) atoms. The van der Waals surface area contributed by atoms with Gasteiger partial charge in [-0.25, -0.2) is 4.79 Å². The van der Waals surface area contributed by atoms with Crippen molar-refractivity contribution in [1.82, 2.24) is 10.3 Å². The topological polar surface area (TPSA) is 171 Å². The second-order valence-electron chi connectivity index (χ2n) is 7.38. The van der Waals surface area contributed by atoms with Gasteiger partial charge in [0.05, 0.1) is 43.2 Å². The number of pyridine rings is 1. The first-order valence-corrected chi connectivity index (χ1v) is 11.4. The molecule has 0 radical (unpaired) electrons. The molecule has 11 nitrogen and oxygen atoms in total. The summed E-state index contributed by atoms with van der Waals surface area (Å²) in [6.45, 7) is 4.27. The van der Waals surface area contributed by atoms with E-state index in [9.17, 15) is 9.59 Å². The van der Waals surface area contributed by atoms with Crippen molar-refractivity contribution in [1.29, 1.82) is 0 Å². The summed E-state index contributed by atoms with van der Waals surface area (Å²) in [6, 6.07) is 9.39. The standard InChI is InChI=1S/C24H33N5O6.ClH/c25-9-1-11-33-13-15-35-16-14-34-12-2-10-27-23(30)20-7-8-21(28-17-20)22(29-26)18-3-5-19(6-4-18)24(31)32;/h3-8,17H,1-2,9-16,25-26H2,(H,27,30)(H,31,32);1H/b29-22+;. The minimum Gasteiger partial charge on any atom is -0.478 e. The Kier molecular flexibility index (Phi) is 15.7. The van der Waals surface area contributed by atoms with E-state index in [2.05, 4.69) is 15.4 Å². The summed E-state index contributed by atoms with van der Waals surface area (Å²) in [5.74, 6) is 4.25. The molecule has 0 spiro atoms. The number of carbonyl (C=O) groups is 2. The third-order valence-electron chi connectivity index (χ3n) is 4.79. The lowest BCUT2D eigenvalue weighted by Crippen LogP contribution is -2.25. The molecular weight excluding hydrogens is 490 g/mol. The van der Waals surface area contributed by atoms with Crippen molar-refractivity contribution in [3.8, 4) is 0 Å². The number of carboxylic acid groups (broad SMARTS) is 1. The van der Waals surface area contributed by atoms with Crippen LogP contribution in [0.5, 0.6) is 0 Å². The molecule has 0 aliphatic heterocycles. The van der Waals surface area contributed by atoms with Crippen molar-refractivity contribution in [2.24, 2.45) is 16.7 Å². The Bertz CT molecular complexity index is 941. The molecule has 2 rings (SSSR count). The van der Waals surface area contributed by atoms with E-state index in [0.717, 1.165) is 6.42 Å². The predicted octanol–water partition coefficient (Wildman–Crippen LogP) is 1.43. The fourth-order valence-corrected chi connectivity index (χ4v) is 2.93. The lowest BCUT2D eigenvalue weighted by atomic mass is 10.0. The molecule has 0 bridgehead atoms. The van der Waals surface area contributed by atoms with E-state index in [1.165, 1.54) is 18.3 Å². The zero-order valence-corrected chi connectivity index (χ0v) is 20.9. The molecule has 2 aromatic rings. The monoisotopic (exact) mass is 523 g/mol. The molecule has 0 unspecified atom stereocenters. The van der Waals surface area contributed by atoms with Crippen molar-refractivity contribution in [3.63, 3.8) is 0 Å². The van der Waals surface area contributed by atoms with Crippen LogP contribution in [0.1, 0.15) is 44.8 Å². The Morgan fingerprint density at radius 1 is 0.861 bits per heavy atom. The number of nitrogens with two attached hydrogens (primary N) is 2. The number of hydrogen-bond donors (Lipinski definition) is 4. The number of rotatable bonds is 17. The lowest BCUT2D eigenvalue weighted by molar-refractivity contribution is 0.0141. The number of carbonyl (C=O) groups excluding carboxylic acids is 1. The largest absolute Gasteiger partial charge is 0.478 e. The maximum absolute atomic E-state index is 12.3. The Labute approximate surface area is 216 Å². The van der Waals surface area contributed by atoms with Crippen LogP contribution in [0.2, 0.25) is 0 Å². The molecular formula is C24H34ClN5O6. The van der Waals surface area contributed by atoms with Gasteiger partial charge in [-0.05, 0) is 43.7 Å². The highest BCUT2D eigenvalue weighted by Crippen LogP contribution is 2.11. The van der Waals surface area contributed by atoms with E-state index in [4.69, 9.17) is 30.9 Å². The van der Waals surface area contributed by atoms with Crippen molar-refractivity contribution in [2.45, 2.75) is 12.8 Å². The number of ether oxygens (including phenoxy) is 3. The molecule has 1 aromatic heterocycles. The van der Waals surface area contributed by atoms with Gasteiger partial charge in [0.1, 0.15) is 5.71 Å². The number of halogens is 1. The molecule has 0 aliphatic rings. The fraction of sp³-hybridized carbons (Fsp3) is 0.417. The van der Waals surface area contributed by atoms with Crippen LogP contribution in [0.25, 0.3) is 0 Å². The van der Waals surface area contributed by atoms with Crippen LogP contribution < -0.4 is 16.9 Å². The van der Waals surface area contributed by atoms with Crippen LogP contribution in [-0.2, 0) is 14.2 Å². The average molecular weight is 524 g/mol. The molecule has 0 fully saturated rings. The van der Waals surface area contributed by atoms with Crippen molar-refractivity contribution in [3.05, 3.63) is 65.0 Å². The van der Waals surface area contributed by atoms with Crippen molar-refractivity contribution in [2.75, 3.05) is 52.7 Å². The van der Waals surface area contributed by atoms with Crippen molar-refractivity contribution < 1.29 is 28.9 Å². The molecule has 198 valence electrons. The summed E-state index contributed by atoms with van der Waals surface area (Å²) in [5.41, 5.74) is 7.39. The van der Waals surface area contributed by atoms with Crippen LogP contribution in [0.15, 0.2) is 47.7 Å². The second-order valence-corrected chi connectivity index (χ2v) is 7.38. The fourth-order valence-electron chi connectivity index (χ4n) is 2.93. The Balaban J connectivity index is 0.00000648. The Morgan fingerprint density at radius 3 is 1.94 bits per heavy atom. The Hall–Kier alpha value is -3.09. The van der Waals surface area contributed by atoms with Gasteiger partial charge in [-0.3, -0.25) is 9.78 Å². The van der Waals surface area contributed by atoms with E-state index in [0.29, 0.717) is 81.7 Å². The molecule has 1 aromatic carbocycles. The van der Waals surface area contributed by atoms with Crippen LogP contribution in [0.3, 0.4) is 0 Å². The highest BCUT2D eigenvalue weighted by Gasteiger charge is 2.12. The van der Waals surface area contributed by atoms with Gasteiger partial charge in [0, 0.05) is 31.5 Å². The van der Waals surface area contributed by atoms with Crippen molar-refractivity contribution >= 4 is 30.0 Å². The number of benzene rings is 1.